The normalized spacial score (nSPS) is 12.3. The Morgan fingerprint density at radius 3 is 1.75 bits per heavy atom. The summed E-state index contributed by atoms with van der Waals surface area (Å²) in [7, 11) is 0. The van der Waals surface area contributed by atoms with Gasteiger partial charge in [0.15, 0.2) is 0 Å². The zero-order valence-electron chi connectivity index (χ0n) is 27.6. The van der Waals surface area contributed by atoms with E-state index in [9.17, 15) is 0 Å². The summed E-state index contributed by atoms with van der Waals surface area (Å²) in [5.74, 6) is 0. The maximum absolute atomic E-state index is 6.93. The summed E-state index contributed by atoms with van der Waals surface area (Å²) in [5.41, 5.74) is 6.55. The van der Waals surface area contributed by atoms with Gasteiger partial charge in [0.1, 0.15) is 11.2 Å². The molecule has 1 heterocycles. The van der Waals surface area contributed by atoms with Gasteiger partial charge in [0.2, 0.25) is 0 Å². The molecule has 0 fully saturated rings. The Labute approximate surface area is 292 Å². The van der Waals surface area contributed by atoms with Crippen molar-refractivity contribution in [1.82, 2.24) is 0 Å². The molecule has 0 aliphatic carbocycles. The SMILES string of the molecule is c1ccc2cc3c(cc2c1)oc1c(-c2ccc4ccc5cccc6ccc2c4c56)cc(-c2cc4ccc5ccccc5c4c4ccccc24)cc13. The van der Waals surface area contributed by atoms with Gasteiger partial charge in [0, 0.05) is 16.3 Å². The van der Waals surface area contributed by atoms with E-state index in [1.165, 1.54) is 92.1 Å². The molecule has 0 N–H and O–H groups in total. The average Bonchev–Trinajstić information content (AvgIpc) is 3.55. The van der Waals surface area contributed by atoms with E-state index in [-0.39, 0.29) is 0 Å². The molecule has 0 aliphatic rings. The molecule has 0 spiro atoms. The Kier molecular flexibility index (Phi) is 5.29. The van der Waals surface area contributed by atoms with Gasteiger partial charge < -0.3 is 4.42 Å². The Bertz CT molecular complexity index is 3400. The van der Waals surface area contributed by atoms with Gasteiger partial charge in [-0.25, -0.2) is 0 Å². The van der Waals surface area contributed by atoms with Crippen molar-refractivity contribution in [3.8, 4) is 22.3 Å². The van der Waals surface area contributed by atoms with Crippen LogP contribution in [0.15, 0.2) is 174 Å². The second-order valence-electron chi connectivity index (χ2n) is 14.0. The molecule has 0 bridgehead atoms. The van der Waals surface area contributed by atoms with Gasteiger partial charge >= 0.3 is 0 Å². The van der Waals surface area contributed by atoms with Crippen LogP contribution in [-0.4, -0.2) is 0 Å². The molecule has 234 valence electrons. The molecule has 0 unspecified atom stereocenters. The lowest BCUT2D eigenvalue weighted by molar-refractivity contribution is 0.670. The third-order valence-corrected chi connectivity index (χ3v) is 11.3. The van der Waals surface area contributed by atoms with Crippen molar-refractivity contribution in [1.29, 1.82) is 0 Å². The monoisotopic (exact) mass is 644 g/mol. The number of furan rings is 1. The van der Waals surface area contributed by atoms with Gasteiger partial charge in [0.25, 0.3) is 0 Å². The van der Waals surface area contributed by atoms with Crippen LogP contribution in [0, 0.1) is 0 Å². The highest BCUT2D eigenvalue weighted by molar-refractivity contribution is 6.28. The number of rotatable bonds is 2. The number of hydrogen-bond acceptors (Lipinski definition) is 1. The lowest BCUT2D eigenvalue weighted by Gasteiger charge is -2.16. The number of hydrogen-bond donors (Lipinski definition) is 0. The van der Waals surface area contributed by atoms with E-state index in [0.29, 0.717) is 0 Å². The van der Waals surface area contributed by atoms with Gasteiger partial charge in [-0.2, -0.15) is 0 Å². The van der Waals surface area contributed by atoms with Crippen LogP contribution in [-0.2, 0) is 0 Å². The fourth-order valence-electron chi connectivity index (χ4n) is 9.01. The lowest BCUT2D eigenvalue weighted by Crippen LogP contribution is -1.90. The Hall–Kier alpha value is -6.70. The van der Waals surface area contributed by atoms with Crippen LogP contribution in [0.3, 0.4) is 0 Å². The van der Waals surface area contributed by atoms with Crippen LogP contribution in [0.4, 0.5) is 0 Å². The standard InChI is InChI=1S/C50H28O/c1-2-10-34-28-46-43(24-33(34)9-1)45-27-36(42-25-35-19-16-29-8-3-4-13-37(29)48(35)40-15-6-5-14-38(40)42)26-44(50(45)51-46)39-22-20-32-18-17-30-11-7-12-31-21-23-41(39)49(32)47(30)31/h1-28H. The van der Waals surface area contributed by atoms with Gasteiger partial charge in [-0.3, -0.25) is 0 Å². The molecule has 0 atom stereocenters. The van der Waals surface area contributed by atoms with Crippen molar-refractivity contribution in [3.63, 3.8) is 0 Å². The van der Waals surface area contributed by atoms with Gasteiger partial charge in [-0.15, -0.1) is 0 Å². The van der Waals surface area contributed by atoms with Crippen molar-refractivity contribution in [3.05, 3.63) is 170 Å². The van der Waals surface area contributed by atoms with Crippen LogP contribution < -0.4 is 0 Å². The van der Waals surface area contributed by atoms with E-state index in [1.54, 1.807) is 0 Å². The fourth-order valence-corrected chi connectivity index (χ4v) is 9.01. The third-order valence-electron chi connectivity index (χ3n) is 11.3. The Balaban J connectivity index is 1.24. The minimum absolute atomic E-state index is 0.912. The number of benzene rings is 11. The van der Waals surface area contributed by atoms with Crippen LogP contribution >= 0.6 is 0 Å². The first-order valence-electron chi connectivity index (χ1n) is 17.7. The smallest absolute Gasteiger partial charge is 0.143 e. The highest BCUT2D eigenvalue weighted by Gasteiger charge is 2.20. The van der Waals surface area contributed by atoms with Gasteiger partial charge in [-0.05, 0) is 122 Å². The molecular formula is C50H28O. The number of fused-ring (bicyclic) bond motifs is 9. The van der Waals surface area contributed by atoms with Gasteiger partial charge in [-0.1, -0.05) is 140 Å². The molecule has 12 aromatic rings. The first-order chi connectivity index (χ1) is 25.3. The zero-order valence-corrected chi connectivity index (χ0v) is 27.6. The summed E-state index contributed by atoms with van der Waals surface area (Å²) in [6, 6.07) is 62.7. The van der Waals surface area contributed by atoms with E-state index >= 15 is 0 Å². The highest BCUT2D eigenvalue weighted by atomic mass is 16.3. The van der Waals surface area contributed by atoms with Crippen LogP contribution in [0.2, 0.25) is 0 Å². The van der Waals surface area contributed by atoms with Crippen LogP contribution in [0.25, 0.3) is 120 Å². The molecule has 51 heavy (non-hydrogen) atoms. The Morgan fingerprint density at radius 1 is 0.275 bits per heavy atom. The molecule has 1 aromatic heterocycles. The molecule has 11 aromatic carbocycles. The lowest BCUT2D eigenvalue weighted by atomic mass is 9.87. The summed E-state index contributed by atoms with van der Waals surface area (Å²) in [6.45, 7) is 0. The van der Waals surface area contributed by atoms with Crippen molar-refractivity contribution in [2.24, 2.45) is 0 Å². The summed E-state index contributed by atoms with van der Waals surface area (Å²) < 4.78 is 6.93. The summed E-state index contributed by atoms with van der Waals surface area (Å²) in [4.78, 5) is 0. The predicted octanol–water partition coefficient (Wildman–Crippen LogP) is 14.4. The van der Waals surface area contributed by atoms with Crippen molar-refractivity contribution in [2.45, 2.75) is 0 Å². The topological polar surface area (TPSA) is 13.1 Å². The minimum atomic E-state index is 0.912. The molecule has 12 rings (SSSR count). The first-order valence-corrected chi connectivity index (χ1v) is 17.7. The van der Waals surface area contributed by atoms with E-state index in [0.717, 1.165) is 27.5 Å². The van der Waals surface area contributed by atoms with Crippen molar-refractivity contribution < 1.29 is 4.42 Å². The zero-order chi connectivity index (χ0) is 33.2. The van der Waals surface area contributed by atoms with E-state index in [4.69, 9.17) is 4.42 Å². The average molecular weight is 645 g/mol. The summed E-state index contributed by atoms with van der Waals surface area (Å²) >= 11 is 0. The minimum Gasteiger partial charge on any atom is -0.455 e. The summed E-state index contributed by atoms with van der Waals surface area (Å²) in [5, 5.41) is 20.0. The second-order valence-corrected chi connectivity index (χ2v) is 14.0. The molecular weight excluding hydrogens is 617 g/mol. The maximum atomic E-state index is 6.93. The van der Waals surface area contributed by atoms with E-state index in [2.05, 4.69) is 170 Å². The second kappa shape index (κ2) is 9.94. The molecule has 0 amide bonds. The molecule has 1 nitrogen and oxygen atoms in total. The van der Waals surface area contributed by atoms with E-state index < -0.39 is 0 Å². The highest BCUT2D eigenvalue weighted by Crippen LogP contribution is 2.47. The van der Waals surface area contributed by atoms with Gasteiger partial charge in [0.05, 0.1) is 0 Å². The predicted molar refractivity (Wildman–Crippen MR) is 218 cm³/mol. The quantitative estimate of drug-likeness (QED) is 0.171. The van der Waals surface area contributed by atoms with E-state index in [1.807, 2.05) is 0 Å². The fraction of sp³-hybridized carbons (Fsp3) is 0. The first kappa shape index (κ1) is 27.2. The molecule has 1 heteroatoms. The van der Waals surface area contributed by atoms with Crippen molar-refractivity contribution in [2.75, 3.05) is 0 Å². The van der Waals surface area contributed by atoms with Crippen LogP contribution in [0.1, 0.15) is 0 Å². The third kappa shape index (κ3) is 3.75. The Morgan fingerprint density at radius 2 is 0.902 bits per heavy atom. The molecule has 0 saturated heterocycles. The van der Waals surface area contributed by atoms with Crippen molar-refractivity contribution >= 4 is 97.3 Å². The maximum Gasteiger partial charge on any atom is 0.143 e. The largest absolute Gasteiger partial charge is 0.455 e. The summed E-state index contributed by atoms with van der Waals surface area (Å²) in [6.07, 6.45) is 0. The molecule has 0 saturated carbocycles. The molecule has 0 aliphatic heterocycles. The molecule has 0 radical (unpaired) electrons. The van der Waals surface area contributed by atoms with Crippen LogP contribution in [0.5, 0.6) is 0 Å².